The minimum atomic E-state index is -0.228. The maximum Gasteiger partial charge on any atom is 0.120 e. The first-order valence-electron chi connectivity index (χ1n) is 5.66. The van der Waals surface area contributed by atoms with Gasteiger partial charge in [0.15, 0.2) is 0 Å². The van der Waals surface area contributed by atoms with Gasteiger partial charge in [-0.05, 0) is 31.5 Å². The average Bonchev–Trinajstić information content (AvgIpc) is 2.59. The zero-order valence-electron chi connectivity index (χ0n) is 10.5. The molecule has 1 N–H and O–H groups in total. The molecule has 0 bridgehead atoms. The number of halogens is 1. The van der Waals surface area contributed by atoms with Crippen molar-refractivity contribution in [2.75, 3.05) is 13.7 Å². The van der Waals surface area contributed by atoms with Gasteiger partial charge in [0, 0.05) is 12.5 Å². The molecule has 1 aromatic carbocycles. The fraction of sp³-hybridized carbons (Fsp3) is 0.538. The Balaban J connectivity index is 0.00000144. The quantitative estimate of drug-likeness (QED) is 0.902. The summed E-state index contributed by atoms with van der Waals surface area (Å²) in [7, 11) is 1.68. The van der Waals surface area contributed by atoms with Crippen LogP contribution in [0.1, 0.15) is 19.4 Å². The zero-order chi connectivity index (χ0) is 11.6. The third-order valence-corrected chi connectivity index (χ3v) is 2.90. The molecule has 0 aliphatic carbocycles. The van der Waals surface area contributed by atoms with Crippen molar-refractivity contribution in [3.63, 3.8) is 0 Å². The lowest BCUT2D eigenvalue weighted by molar-refractivity contribution is 0.00689. The molecule has 2 rings (SSSR count). The molecule has 0 spiro atoms. The topological polar surface area (TPSA) is 30.5 Å². The lowest BCUT2D eigenvalue weighted by Gasteiger charge is -2.24. The Labute approximate surface area is 109 Å². The first-order chi connectivity index (χ1) is 7.61. The molecule has 0 aromatic heterocycles. The second-order valence-corrected chi connectivity index (χ2v) is 4.61. The normalized spacial score (nSPS) is 27.6. The maximum absolute atomic E-state index is 5.77. The van der Waals surface area contributed by atoms with E-state index >= 15 is 0 Å². The summed E-state index contributed by atoms with van der Waals surface area (Å²) in [6, 6.07) is 8.56. The number of methoxy groups -OCH3 is 1. The molecule has 4 heteroatoms. The summed E-state index contributed by atoms with van der Waals surface area (Å²) in [4.78, 5) is 0. The summed E-state index contributed by atoms with van der Waals surface area (Å²) in [5.41, 5.74) is 1.03. The molecule has 0 saturated carbocycles. The van der Waals surface area contributed by atoms with Gasteiger partial charge in [-0.2, -0.15) is 0 Å². The van der Waals surface area contributed by atoms with E-state index < -0.39 is 0 Å². The first-order valence-corrected chi connectivity index (χ1v) is 5.66. The molecule has 3 nitrogen and oxygen atoms in total. The third-order valence-electron chi connectivity index (χ3n) is 2.90. The second kappa shape index (κ2) is 5.71. The summed E-state index contributed by atoms with van der Waals surface area (Å²) in [5.74, 6) is 0.891. The van der Waals surface area contributed by atoms with Crippen LogP contribution in [0.3, 0.4) is 0 Å². The van der Waals surface area contributed by atoms with Crippen LogP contribution in [0.4, 0.5) is 0 Å². The SMILES string of the molecule is COc1ccc(CC2(C)NC(C)CO2)cc1.Cl. The van der Waals surface area contributed by atoms with Crippen LogP contribution in [0.5, 0.6) is 5.75 Å². The molecule has 2 unspecified atom stereocenters. The number of hydrogen-bond acceptors (Lipinski definition) is 3. The minimum Gasteiger partial charge on any atom is -0.497 e. The number of hydrogen-bond donors (Lipinski definition) is 1. The van der Waals surface area contributed by atoms with Gasteiger partial charge in [0.1, 0.15) is 11.5 Å². The average molecular weight is 258 g/mol. The second-order valence-electron chi connectivity index (χ2n) is 4.61. The Morgan fingerprint density at radius 1 is 1.41 bits per heavy atom. The molecule has 96 valence electrons. The van der Waals surface area contributed by atoms with Gasteiger partial charge in [0.05, 0.1) is 13.7 Å². The van der Waals surface area contributed by atoms with Crippen molar-refractivity contribution < 1.29 is 9.47 Å². The number of benzene rings is 1. The van der Waals surface area contributed by atoms with E-state index in [0.717, 1.165) is 18.8 Å². The van der Waals surface area contributed by atoms with Gasteiger partial charge < -0.3 is 9.47 Å². The predicted octanol–water partition coefficient (Wildman–Crippen LogP) is 2.38. The van der Waals surface area contributed by atoms with Crippen LogP contribution >= 0.6 is 12.4 Å². The molecule has 1 saturated heterocycles. The lowest BCUT2D eigenvalue weighted by atomic mass is 10.0. The maximum atomic E-state index is 5.77. The highest BCUT2D eigenvalue weighted by Crippen LogP contribution is 2.22. The molecule has 1 heterocycles. The Hall–Kier alpha value is -0.770. The minimum absolute atomic E-state index is 0. The number of ether oxygens (including phenoxy) is 2. The van der Waals surface area contributed by atoms with Gasteiger partial charge >= 0.3 is 0 Å². The standard InChI is InChI=1S/C13H19NO2.ClH/c1-10-9-16-13(2,14-10)8-11-4-6-12(15-3)7-5-11;/h4-7,10,14H,8-9H2,1-3H3;1H. The van der Waals surface area contributed by atoms with Crippen LogP contribution in [0.25, 0.3) is 0 Å². The molecule has 1 fully saturated rings. The molecule has 0 amide bonds. The van der Waals surface area contributed by atoms with Crippen LogP contribution < -0.4 is 10.1 Å². The van der Waals surface area contributed by atoms with Crippen molar-refractivity contribution in [2.45, 2.75) is 32.0 Å². The van der Waals surface area contributed by atoms with E-state index in [0.29, 0.717) is 6.04 Å². The van der Waals surface area contributed by atoms with Crippen molar-refractivity contribution in [2.24, 2.45) is 0 Å². The van der Waals surface area contributed by atoms with Crippen molar-refractivity contribution in [3.05, 3.63) is 29.8 Å². The van der Waals surface area contributed by atoms with Crippen molar-refractivity contribution in [1.29, 1.82) is 0 Å². The fourth-order valence-electron chi connectivity index (χ4n) is 2.15. The monoisotopic (exact) mass is 257 g/mol. The third kappa shape index (κ3) is 3.60. The Morgan fingerprint density at radius 2 is 2.06 bits per heavy atom. The van der Waals surface area contributed by atoms with Crippen molar-refractivity contribution in [1.82, 2.24) is 5.32 Å². The van der Waals surface area contributed by atoms with Crippen LogP contribution in [0.2, 0.25) is 0 Å². The highest BCUT2D eigenvalue weighted by atomic mass is 35.5. The Morgan fingerprint density at radius 3 is 2.53 bits per heavy atom. The lowest BCUT2D eigenvalue weighted by Crippen LogP contribution is -2.42. The Kier molecular flexibility index (Phi) is 4.80. The van der Waals surface area contributed by atoms with Crippen LogP contribution in [0, 0.1) is 0 Å². The van der Waals surface area contributed by atoms with E-state index in [1.807, 2.05) is 12.1 Å². The molecule has 2 atom stereocenters. The fourth-order valence-corrected chi connectivity index (χ4v) is 2.15. The van der Waals surface area contributed by atoms with Gasteiger partial charge in [-0.3, -0.25) is 5.32 Å². The van der Waals surface area contributed by atoms with Gasteiger partial charge in [-0.1, -0.05) is 12.1 Å². The predicted molar refractivity (Wildman–Crippen MR) is 70.9 cm³/mol. The molecular formula is C13H20ClNO2. The highest BCUT2D eigenvalue weighted by Gasteiger charge is 2.33. The van der Waals surface area contributed by atoms with Gasteiger partial charge in [-0.25, -0.2) is 0 Å². The van der Waals surface area contributed by atoms with Crippen LogP contribution in [-0.2, 0) is 11.2 Å². The molecule has 1 aromatic rings. The zero-order valence-corrected chi connectivity index (χ0v) is 11.3. The van der Waals surface area contributed by atoms with Crippen molar-refractivity contribution in [3.8, 4) is 5.75 Å². The summed E-state index contributed by atoms with van der Waals surface area (Å²) in [6.45, 7) is 5.02. The summed E-state index contributed by atoms with van der Waals surface area (Å²) < 4.78 is 10.9. The Bertz CT molecular complexity index is 355. The van der Waals surface area contributed by atoms with E-state index in [9.17, 15) is 0 Å². The largest absolute Gasteiger partial charge is 0.497 e. The molecule has 1 aliphatic heterocycles. The van der Waals surface area contributed by atoms with E-state index in [4.69, 9.17) is 9.47 Å². The van der Waals surface area contributed by atoms with Crippen molar-refractivity contribution >= 4 is 12.4 Å². The first kappa shape index (κ1) is 14.3. The van der Waals surface area contributed by atoms with E-state index in [1.165, 1.54) is 5.56 Å². The summed E-state index contributed by atoms with van der Waals surface area (Å²) >= 11 is 0. The smallest absolute Gasteiger partial charge is 0.120 e. The van der Waals surface area contributed by atoms with Gasteiger partial charge in [0.2, 0.25) is 0 Å². The molecule has 1 aliphatic rings. The highest BCUT2D eigenvalue weighted by molar-refractivity contribution is 5.85. The van der Waals surface area contributed by atoms with E-state index in [2.05, 4.69) is 31.3 Å². The summed E-state index contributed by atoms with van der Waals surface area (Å²) in [5, 5.41) is 3.45. The summed E-state index contributed by atoms with van der Waals surface area (Å²) in [6.07, 6.45) is 0.876. The molecule has 17 heavy (non-hydrogen) atoms. The van der Waals surface area contributed by atoms with Gasteiger partial charge in [-0.15, -0.1) is 12.4 Å². The number of nitrogens with one attached hydrogen (secondary N) is 1. The van der Waals surface area contributed by atoms with Crippen LogP contribution in [-0.4, -0.2) is 25.5 Å². The molecule has 0 radical (unpaired) electrons. The molecular weight excluding hydrogens is 238 g/mol. The van der Waals surface area contributed by atoms with E-state index in [1.54, 1.807) is 7.11 Å². The van der Waals surface area contributed by atoms with Gasteiger partial charge in [0.25, 0.3) is 0 Å². The number of rotatable bonds is 3. The van der Waals surface area contributed by atoms with E-state index in [-0.39, 0.29) is 18.1 Å². The van der Waals surface area contributed by atoms with Crippen LogP contribution in [0.15, 0.2) is 24.3 Å².